The van der Waals surface area contributed by atoms with Crippen LogP contribution in [0.5, 0.6) is 0 Å². The third-order valence-corrected chi connectivity index (χ3v) is 3.87. The first-order valence-corrected chi connectivity index (χ1v) is 9.43. The predicted octanol–water partition coefficient (Wildman–Crippen LogP) is 4.71. The van der Waals surface area contributed by atoms with E-state index >= 15 is 0 Å². The minimum atomic E-state index is 0.201. The molecule has 0 aliphatic heterocycles. The molecule has 0 aliphatic carbocycles. The van der Waals surface area contributed by atoms with Crippen molar-refractivity contribution < 1.29 is 4.79 Å². The number of carbonyl (C=O) groups is 1. The molecule has 0 saturated heterocycles. The van der Waals surface area contributed by atoms with Gasteiger partial charge in [0.25, 0.3) is 0 Å². The van der Waals surface area contributed by atoms with Gasteiger partial charge >= 0.3 is 0 Å². The number of hydrogen-bond donors (Lipinski definition) is 2. The average Bonchev–Trinajstić information content (AvgIpc) is 2.52. The van der Waals surface area contributed by atoms with E-state index in [0.29, 0.717) is 13.0 Å². The fourth-order valence-corrected chi connectivity index (χ4v) is 2.41. The van der Waals surface area contributed by atoms with Crippen LogP contribution in [0.2, 0.25) is 0 Å². The van der Waals surface area contributed by atoms with E-state index in [2.05, 4.69) is 24.4 Å². The van der Waals surface area contributed by atoms with Gasteiger partial charge in [-0.25, -0.2) is 0 Å². The molecule has 1 amide bonds. The van der Waals surface area contributed by atoms with Gasteiger partial charge in [-0.3, -0.25) is 4.79 Å². The van der Waals surface area contributed by atoms with E-state index < -0.39 is 0 Å². The summed E-state index contributed by atoms with van der Waals surface area (Å²) in [5.41, 5.74) is 5.41. The van der Waals surface area contributed by atoms with Crippen LogP contribution in [0.15, 0.2) is 12.2 Å². The van der Waals surface area contributed by atoms with Crippen LogP contribution in [-0.4, -0.2) is 19.0 Å². The summed E-state index contributed by atoms with van der Waals surface area (Å²) in [6, 6.07) is 0. The number of nitrogens with two attached hydrogens (primary N) is 1. The highest BCUT2D eigenvalue weighted by molar-refractivity contribution is 5.75. The molecule has 3 N–H and O–H groups in total. The van der Waals surface area contributed by atoms with Crippen molar-refractivity contribution in [3.8, 4) is 0 Å². The van der Waals surface area contributed by atoms with E-state index in [4.69, 9.17) is 5.73 Å². The predicted molar refractivity (Wildman–Crippen MR) is 96.9 cm³/mol. The molecule has 22 heavy (non-hydrogen) atoms. The Morgan fingerprint density at radius 3 is 2.18 bits per heavy atom. The molecule has 3 heteroatoms. The van der Waals surface area contributed by atoms with Crippen molar-refractivity contribution in [2.24, 2.45) is 5.73 Å². The lowest BCUT2D eigenvalue weighted by atomic mass is 10.1. The fourth-order valence-electron chi connectivity index (χ4n) is 2.41. The molecule has 0 rings (SSSR count). The first-order chi connectivity index (χ1) is 10.8. The monoisotopic (exact) mass is 310 g/mol. The summed E-state index contributed by atoms with van der Waals surface area (Å²) in [5, 5.41) is 2.95. The maximum atomic E-state index is 11.5. The summed E-state index contributed by atoms with van der Waals surface area (Å²) in [4.78, 5) is 11.5. The molecule has 0 spiro atoms. The largest absolute Gasteiger partial charge is 0.356 e. The third kappa shape index (κ3) is 17.2. The van der Waals surface area contributed by atoms with Gasteiger partial charge < -0.3 is 11.1 Å². The van der Waals surface area contributed by atoms with Crippen molar-refractivity contribution in [2.75, 3.05) is 13.1 Å². The number of unbranched alkanes of at least 4 members (excludes halogenated alkanes) is 9. The molecule has 0 aliphatic rings. The Kier molecular flexibility index (Phi) is 17.5. The summed E-state index contributed by atoms with van der Waals surface area (Å²) in [5.74, 6) is 0.201. The first kappa shape index (κ1) is 21.2. The molecule has 0 aromatic heterocycles. The van der Waals surface area contributed by atoms with Crippen LogP contribution in [0.25, 0.3) is 0 Å². The van der Waals surface area contributed by atoms with E-state index in [9.17, 15) is 4.79 Å². The summed E-state index contributed by atoms with van der Waals surface area (Å²) in [7, 11) is 0. The lowest BCUT2D eigenvalue weighted by Crippen LogP contribution is -2.24. The molecule has 0 aromatic rings. The van der Waals surface area contributed by atoms with Crippen LogP contribution >= 0.6 is 0 Å². The van der Waals surface area contributed by atoms with E-state index in [0.717, 1.165) is 25.8 Å². The molecule has 0 heterocycles. The first-order valence-electron chi connectivity index (χ1n) is 9.43. The van der Waals surface area contributed by atoms with E-state index in [1.54, 1.807) is 0 Å². The quantitative estimate of drug-likeness (QED) is 0.320. The summed E-state index contributed by atoms with van der Waals surface area (Å²) in [6.07, 6.45) is 19.8. The molecule has 3 nitrogen and oxygen atoms in total. The molecule has 130 valence electrons. The number of allylic oxidation sites excluding steroid dienone is 2. The Hall–Kier alpha value is -0.830. The molecular weight excluding hydrogens is 272 g/mol. The van der Waals surface area contributed by atoms with Crippen LogP contribution < -0.4 is 11.1 Å². The van der Waals surface area contributed by atoms with Gasteiger partial charge in [-0.1, -0.05) is 51.2 Å². The normalized spacial score (nSPS) is 11.2. The number of hydrogen-bond acceptors (Lipinski definition) is 2. The Balaban J connectivity index is 3.17. The van der Waals surface area contributed by atoms with Crippen LogP contribution in [0.3, 0.4) is 0 Å². The summed E-state index contributed by atoms with van der Waals surface area (Å²) >= 11 is 0. The maximum Gasteiger partial charge on any atom is 0.219 e. The molecule has 0 aromatic carbocycles. The van der Waals surface area contributed by atoms with Gasteiger partial charge in [-0.2, -0.15) is 0 Å². The zero-order valence-corrected chi connectivity index (χ0v) is 14.7. The van der Waals surface area contributed by atoms with Crippen molar-refractivity contribution in [3.05, 3.63) is 12.2 Å². The van der Waals surface area contributed by atoms with Gasteiger partial charge in [0.05, 0.1) is 0 Å². The minimum absolute atomic E-state index is 0.201. The molecule has 0 unspecified atom stereocenters. The number of amides is 1. The second-order valence-corrected chi connectivity index (χ2v) is 6.12. The molecule has 0 atom stereocenters. The van der Waals surface area contributed by atoms with Gasteiger partial charge in [-0.15, -0.1) is 0 Å². The zero-order valence-electron chi connectivity index (χ0n) is 14.7. The van der Waals surface area contributed by atoms with Crippen molar-refractivity contribution in [1.82, 2.24) is 5.32 Å². The molecule has 0 bridgehead atoms. The van der Waals surface area contributed by atoms with Crippen molar-refractivity contribution in [1.29, 1.82) is 0 Å². The molecule has 0 saturated carbocycles. The summed E-state index contributed by atoms with van der Waals surface area (Å²) in [6.45, 7) is 3.74. The fraction of sp³-hybridized carbons (Fsp3) is 0.842. The van der Waals surface area contributed by atoms with Gasteiger partial charge in [0.15, 0.2) is 0 Å². The highest BCUT2D eigenvalue weighted by Gasteiger charge is 1.99. The Labute approximate surface area is 138 Å². The van der Waals surface area contributed by atoms with E-state index in [-0.39, 0.29) is 5.91 Å². The number of rotatable bonds is 16. The summed E-state index contributed by atoms with van der Waals surface area (Å²) < 4.78 is 0. The maximum absolute atomic E-state index is 11.5. The molecule has 0 radical (unpaired) electrons. The Bertz CT molecular complexity index is 264. The van der Waals surface area contributed by atoms with Gasteiger partial charge in [-0.05, 0) is 51.5 Å². The van der Waals surface area contributed by atoms with Crippen molar-refractivity contribution in [3.63, 3.8) is 0 Å². The standard InChI is InChI=1S/C19H38N2O/c1-2-3-4-5-6-7-8-9-10-11-12-13-16-19(22)21-18-15-14-17-20/h6-7H,2-5,8-18,20H2,1H3,(H,21,22)/b7-6-. The van der Waals surface area contributed by atoms with Crippen molar-refractivity contribution in [2.45, 2.75) is 90.4 Å². The van der Waals surface area contributed by atoms with E-state index in [1.807, 2.05) is 0 Å². The molecular formula is C19H38N2O. The second-order valence-electron chi connectivity index (χ2n) is 6.12. The zero-order chi connectivity index (χ0) is 16.3. The second kappa shape index (κ2) is 18.2. The Morgan fingerprint density at radius 1 is 0.864 bits per heavy atom. The highest BCUT2D eigenvalue weighted by atomic mass is 16.1. The minimum Gasteiger partial charge on any atom is -0.356 e. The number of carbonyl (C=O) groups excluding carboxylic acids is 1. The molecule has 0 fully saturated rings. The van der Waals surface area contributed by atoms with Gasteiger partial charge in [0.2, 0.25) is 5.91 Å². The Morgan fingerprint density at radius 2 is 1.50 bits per heavy atom. The van der Waals surface area contributed by atoms with Crippen molar-refractivity contribution >= 4 is 5.91 Å². The lowest BCUT2D eigenvalue weighted by molar-refractivity contribution is -0.121. The highest BCUT2D eigenvalue weighted by Crippen LogP contribution is 2.08. The van der Waals surface area contributed by atoms with Gasteiger partial charge in [0.1, 0.15) is 0 Å². The van der Waals surface area contributed by atoms with Crippen LogP contribution in [0.1, 0.15) is 90.4 Å². The lowest BCUT2D eigenvalue weighted by Gasteiger charge is -2.04. The SMILES string of the molecule is CCCCC/C=C\CCCCCCCC(=O)NCCCCN. The van der Waals surface area contributed by atoms with Gasteiger partial charge in [0, 0.05) is 13.0 Å². The topological polar surface area (TPSA) is 55.1 Å². The number of nitrogens with one attached hydrogen (secondary N) is 1. The smallest absolute Gasteiger partial charge is 0.219 e. The average molecular weight is 311 g/mol. The van der Waals surface area contributed by atoms with Crippen LogP contribution in [-0.2, 0) is 4.79 Å². The van der Waals surface area contributed by atoms with E-state index in [1.165, 1.54) is 57.8 Å². The third-order valence-electron chi connectivity index (χ3n) is 3.87. The van der Waals surface area contributed by atoms with Crippen LogP contribution in [0, 0.1) is 0 Å². The van der Waals surface area contributed by atoms with Crippen LogP contribution in [0.4, 0.5) is 0 Å².